The fourth-order valence-electron chi connectivity index (χ4n) is 2.57. The normalized spacial score (nSPS) is 31.2. The quantitative estimate of drug-likeness (QED) is 0.724. The molecule has 1 aliphatic heterocycles. The molecule has 0 spiro atoms. The van der Waals surface area contributed by atoms with Gasteiger partial charge in [-0.05, 0) is 44.2 Å². The molecule has 0 bridgehead atoms. The maximum Gasteiger partial charge on any atom is 0.150 e. The highest BCUT2D eigenvalue weighted by atomic mass is 32.2. The first-order chi connectivity index (χ1) is 7.61. The van der Waals surface area contributed by atoms with E-state index < -0.39 is 9.84 Å². The first-order valence-electron chi connectivity index (χ1n) is 6.24. The van der Waals surface area contributed by atoms with Gasteiger partial charge in [0.2, 0.25) is 0 Å². The standard InChI is InChI=1S/C11H22N2O2S/c12-6-10(7-13-11-2-1-3-11)9-4-5-16(14,15)8-9/h9-11,13H,1-8,12H2. The van der Waals surface area contributed by atoms with Gasteiger partial charge in [-0.3, -0.25) is 0 Å². The van der Waals surface area contributed by atoms with Gasteiger partial charge in [0, 0.05) is 6.04 Å². The molecule has 0 aromatic carbocycles. The van der Waals surface area contributed by atoms with Crippen LogP contribution in [0.1, 0.15) is 25.7 Å². The van der Waals surface area contributed by atoms with Crippen molar-refractivity contribution in [1.82, 2.24) is 5.32 Å². The Kier molecular flexibility index (Phi) is 3.87. The lowest BCUT2D eigenvalue weighted by atomic mass is 9.89. The largest absolute Gasteiger partial charge is 0.330 e. The van der Waals surface area contributed by atoms with Crippen molar-refractivity contribution < 1.29 is 8.42 Å². The van der Waals surface area contributed by atoms with Crippen molar-refractivity contribution >= 4 is 9.84 Å². The number of rotatable bonds is 5. The second-order valence-electron chi connectivity index (χ2n) is 5.19. The molecular formula is C11H22N2O2S. The minimum Gasteiger partial charge on any atom is -0.330 e. The highest BCUT2D eigenvalue weighted by molar-refractivity contribution is 7.91. The smallest absolute Gasteiger partial charge is 0.150 e. The predicted molar refractivity (Wildman–Crippen MR) is 64.9 cm³/mol. The summed E-state index contributed by atoms with van der Waals surface area (Å²) < 4.78 is 22.8. The number of hydrogen-bond acceptors (Lipinski definition) is 4. The number of hydrogen-bond donors (Lipinski definition) is 2. The van der Waals surface area contributed by atoms with Crippen LogP contribution in [0.4, 0.5) is 0 Å². The lowest BCUT2D eigenvalue weighted by Crippen LogP contribution is -2.42. The van der Waals surface area contributed by atoms with E-state index in [4.69, 9.17) is 5.73 Å². The zero-order chi connectivity index (χ0) is 11.6. The first kappa shape index (κ1) is 12.3. The Labute approximate surface area is 97.9 Å². The minimum absolute atomic E-state index is 0.280. The summed E-state index contributed by atoms with van der Waals surface area (Å²) in [7, 11) is -2.76. The van der Waals surface area contributed by atoms with Gasteiger partial charge in [0.15, 0.2) is 9.84 Å². The first-order valence-corrected chi connectivity index (χ1v) is 8.07. The van der Waals surface area contributed by atoms with Crippen LogP contribution in [0.25, 0.3) is 0 Å². The minimum atomic E-state index is -2.76. The van der Waals surface area contributed by atoms with Crippen LogP contribution in [0.2, 0.25) is 0 Å². The van der Waals surface area contributed by atoms with Gasteiger partial charge >= 0.3 is 0 Å². The fraction of sp³-hybridized carbons (Fsp3) is 1.00. The summed E-state index contributed by atoms with van der Waals surface area (Å²) in [6.45, 7) is 1.49. The molecule has 2 atom stereocenters. The molecule has 3 N–H and O–H groups in total. The van der Waals surface area contributed by atoms with Gasteiger partial charge in [-0.2, -0.15) is 0 Å². The Morgan fingerprint density at radius 3 is 2.50 bits per heavy atom. The van der Waals surface area contributed by atoms with E-state index in [0.29, 0.717) is 30.0 Å². The topological polar surface area (TPSA) is 72.2 Å². The van der Waals surface area contributed by atoms with Crippen molar-refractivity contribution in [2.24, 2.45) is 17.6 Å². The van der Waals surface area contributed by atoms with E-state index >= 15 is 0 Å². The molecule has 2 fully saturated rings. The Morgan fingerprint density at radius 2 is 2.06 bits per heavy atom. The van der Waals surface area contributed by atoms with E-state index in [2.05, 4.69) is 5.32 Å². The zero-order valence-corrected chi connectivity index (χ0v) is 10.5. The maximum atomic E-state index is 11.4. The van der Waals surface area contributed by atoms with Crippen LogP contribution in [-0.4, -0.2) is 39.1 Å². The van der Waals surface area contributed by atoms with Crippen LogP contribution in [-0.2, 0) is 9.84 Å². The SMILES string of the molecule is NCC(CNC1CCC1)C1CCS(=O)(=O)C1. The van der Waals surface area contributed by atoms with E-state index in [1.54, 1.807) is 0 Å². The van der Waals surface area contributed by atoms with Gasteiger partial charge in [0.25, 0.3) is 0 Å². The monoisotopic (exact) mass is 246 g/mol. The predicted octanol–water partition coefficient (Wildman–Crippen LogP) is 0.138. The van der Waals surface area contributed by atoms with Crippen LogP contribution in [0.5, 0.6) is 0 Å². The maximum absolute atomic E-state index is 11.4. The molecule has 0 aromatic heterocycles. The van der Waals surface area contributed by atoms with E-state index in [-0.39, 0.29) is 5.92 Å². The van der Waals surface area contributed by atoms with Gasteiger partial charge < -0.3 is 11.1 Å². The van der Waals surface area contributed by atoms with Crippen molar-refractivity contribution in [2.45, 2.75) is 31.7 Å². The van der Waals surface area contributed by atoms with Gasteiger partial charge in [-0.1, -0.05) is 6.42 Å². The second kappa shape index (κ2) is 5.02. The van der Waals surface area contributed by atoms with Crippen LogP contribution >= 0.6 is 0 Å². The van der Waals surface area contributed by atoms with E-state index in [9.17, 15) is 8.42 Å². The van der Waals surface area contributed by atoms with Crippen LogP contribution in [0.15, 0.2) is 0 Å². The molecule has 1 saturated heterocycles. The molecule has 1 aliphatic carbocycles. The third-order valence-corrected chi connectivity index (χ3v) is 5.80. The molecule has 4 nitrogen and oxygen atoms in total. The summed E-state index contributed by atoms with van der Waals surface area (Å²) >= 11 is 0. The Bertz CT molecular complexity index is 325. The third kappa shape index (κ3) is 2.96. The molecule has 2 aliphatic rings. The van der Waals surface area contributed by atoms with E-state index in [0.717, 1.165) is 13.0 Å². The second-order valence-corrected chi connectivity index (χ2v) is 7.42. The average molecular weight is 246 g/mol. The summed E-state index contributed by atoms with van der Waals surface area (Å²) in [4.78, 5) is 0. The van der Waals surface area contributed by atoms with Gasteiger partial charge in [0.05, 0.1) is 11.5 Å². The number of nitrogens with one attached hydrogen (secondary N) is 1. The lowest BCUT2D eigenvalue weighted by molar-refractivity contribution is 0.284. The van der Waals surface area contributed by atoms with E-state index in [1.165, 1.54) is 19.3 Å². The number of nitrogens with two attached hydrogens (primary N) is 1. The fourth-order valence-corrected chi connectivity index (χ4v) is 4.49. The summed E-state index contributed by atoms with van der Waals surface area (Å²) in [6.07, 6.45) is 4.65. The Hall–Kier alpha value is -0.130. The van der Waals surface area contributed by atoms with Crippen LogP contribution in [0, 0.1) is 11.8 Å². The molecule has 2 unspecified atom stereocenters. The van der Waals surface area contributed by atoms with Gasteiger partial charge in [-0.15, -0.1) is 0 Å². The lowest BCUT2D eigenvalue weighted by Gasteiger charge is -2.30. The molecule has 5 heteroatoms. The summed E-state index contributed by atoms with van der Waals surface area (Å²) in [6, 6.07) is 0.659. The highest BCUT2D eigenvalue weighted by Crippen LogP contribution is 2.26. The Morgan fingerprint density at radius 1 is 1.31 bits per heavy atom. The molecule has 1 heterocycles. The molecule has 2 rings (SSSR count). The summed E-state index contributed by atoms with van der Waals surface area (Å²) in [5, 5.41) is 3.50. The summed E-state index contributed by atoms with van der Waals surface area (Å²) in [5.41, 5.74) is 5.75. The zero-order valence-electron chi connectivity index (χ0n) is 9.69. The molecular weight excluding hydrogens is 224 g/mol. The molecule has 0 aromatic rings. The van der Waals surface area contributed by atoms with Crippen molar-refractivity contribution in [3.63, 3.8) is 0 Å². The van der Waals surface area contributed by atoms with Crippen molar-refractivity contribution in [3.8, 4) is 0 Å². The number of sulfone groups is 1. The molecule has 94 valence electrons. The Balaban J connectivity index is 1.80. The molecule has 16 heavy (non-hydrogen) atoms. The molecule has 0 amide bonds. The molecule has 0 radical (unpaired) electrons. The molecule has 1 saturated carbocycles. The highest BCUT2D eigenvalue weighted by Gasteiger charge is 2.33. The van der Waals surface area contributed by atoms with Crippen molar-refractivity contribution in [1.29, 1.82) is 0 Å². The van der Waals surface area contributed by atoms with Gasteiger partial charge in [0.1, 0.15) is 0 Å². The average Bonchev–Trinajstić information content (AvgIpc) is 2.50. The van der Waals surface area contributed by atoms with Gasteiger partial charge in [-0.25, -0.2) is 8.42 Å². The summed E-state index contributed by atoms with van der Waals surface area (Å²) in [5.74, 6) is 1.32. The van der Waals surface area contributed by atoms with Crippen LogP contribution in [0.3, 0.4) is 0 Å². The third-order valence-electron chi connectivity index (χ3n) is 4.01. The van der Waals surface area contributed by atoms with E-state index in [1.807, 2.05) is 0 Å². The van der Waals surface area contributed by atoms with Crippen molar-refractivity contribution in [3.05, 3.63) is 0 Å². The van der Waals surface area contributed by atoms with Crippen molar-refractivity contribution in [2.75, 3.05) is 24.6 Å². The van der Waals surface area contributed by atoms with Crippen LogP contribution < -0.4 is 11.1 Å².